The minimum absolute atomic E-state index is 0.107. The number of aromatic carboxylic acids is 1. The summed E-state index contributed by atoms with van der Waals surface area (Å²) in [5, 5.41) is 10.7. The van der Waals surface area contributed by atoms with Crippen molar-refractivity contribution >= 4 is 21.5 Å². The molecule has 1 aliphatic rings. The second-order valence-electron chi connectivity index (χ2n) is 3.98. The lowest BCUT2D eigenvalue weighted by molar-refractivity contribution is -0.255. The van der Waals surface area contributed by atoms with E-state index in [-0.39, 0.29) is 17.1 Å². The smallest absolute Gasteiger partial charge is 0.153 e. The highest BCUT2D eigenvalue weighted by Crippen LogP contribution is 2.18. The molecule has 0 atom stereocenters. The Kier molecular flexibility index (Phi) is 3.06. The molecule has 0 amide bonds. The van der Waals surface area contributed by atoms with Gasteiger partial charge in [0.25, 0.3) is 0 Å². The zero-order valence-corrected chi connectivity index (χ0v) is 9.94. The molecule has 92 valence electrons. The lowest BCUT2D eigenvalue weighted by atomic mass is 10.2. The molecule has 5 nitrogen and oxygen atoms in total. The molecular formula is C11H12NO4S-. The largest absolute Gasteiger partial charge is 0.545 e. The van der Waals surface area contributed by atoms with Gasteiger partial charge in [0.05, 0.1) is 17.5 Å². The molecule has 0 aliphatic carbocycles. The van der Waals surface area contributed by atoms with Crippen molar-refractivity contribution in [1.29, 1.82) is 0 Å². The van der Waals surface area contributed by atoms with E-state index in [1.807, 2.05) is 4.90 Å². The third-order valence-electron chi connectivity index (χ3n) is 2.79. The second-order valence-corrected chi connectivity index (χ2v) is 6.28. The van der Waals surface area contributed by atoms with Gasteiger partial charge in [-0.2, -0.15) is 0 Å². The number of hydrogen-bond donors (Lipinski definition) is 0. The third kappa shape index (κ3) is 2.76. The number of carbonyl (C=O) groups is 1. The van der Waals surface area contributed by atoms with Crippen LogP contribution in [-0.2, 0) is 9.84 Å². The summed E-state index contributed by atoms with van der Waals surface area (Å²) in [6, 6.07) is 6.36. The maximum absolute atomic E-state index is 11.3. The molecule has 0 spiro atoms. The van der Waals surface area contributed by atoms with Gasteiger partial charge in [0, 0.05) is 18.8 Å². The summed E-state index contributed by atoms with van der Waals surface area (Å²) >= 11 is 0. The summed E-state index contributed by atoms with van der Waals surface area (Å²) in [5.41, 5.74) is 0.831. The van der Waals surface area contributed by atoms with Crippen molar-refractivity contribution in [2.45, 2.75) is 0 Å². The van der Waals surface area contributed by atoms with Gasteiger partial charge in [-0.1, -0.05) is 12.1 Å². The van der Waals surface area contributed by atoms with Crippen LogP contribution in [0.1, 0.15) is 10.4 Å². The van der Waals surface area contributed by atoms with Gasteiger partial charge < -0.3 is 14.8 Å². The predicted octanol–water partition coefficient (Wildman–Crippen LogP) is -0.715. The number of carboxylic acids is 1. The fraction of sp³-hybridized carbons (Fsp3) is 0.364. The highest BCUT2D eigenvalue weighted by molar-refractivity contribution is 7.91. The number of carboxylic acid groups (broad SMARTS) is 1. The van der Waals surface area contributed by atoms with Gasteiger partial charge in [-0.3, -0.25) is 0 Å². The summed E-state index contributed by atoms with van der Waals surface area (Å²) in [4.78, 5) is 12.6. The van der Waals surface area contributed by atoms with Crippen LogP contribution < -0.4 is 10.0 Å². The van der Waals surface area contributed by atoms with Gasteiger partial charge in [0.1, 0.15) is 0 Å². The van der Waals surface area contributed by atoms with Crippen LogP contribution in [0.5, 0.6) is 0 Å². The number of rotatable bonds is 2. The van der Waals surface area contributed by atoms with E-state index in [4.69, 9.17) is 0 Å². The molecule has 1 aromatic carbocycles. The Balaban J connectivity index is 2.18. The number of benzene rings is 1. The SMILES string of the molecule is O=C([O-])c1cccc(N2CCS(=O)(=O)CC2)c1. The maximum Gasteiger partial charge on any atom is 0.153 e. The zero-order valence-electron chi connectivity index (χ0n) is 9.13. The van der Waals surface area contributed by atoms with Crippen LogP contribution in [0.4, 0.5) is 5.69 Å². The van der Waals surface area contributed by atoms with Gasteiger partial charge in [-0.05, 0) is 17.7 Å². The molecule has 1 aliphatic heterocycles. The normalized spacial score (nSPS) is 18.9. The van der Waals surface area contributed by atoms with Crippen molar-refractivity contribution in [2.75, 3.05) is 29.5 Å². The van der Waals surface area contributed by atoms with Crippen LogP contribution >= 0.6 is 0 Å². The van der Waals surface area contributed by atoms with E-state index in [1.165, 1.54) is 12.1 Å². The summed E-state index contributed by atoms with van der Waals surface area (Å²) in [5.74, 6) is -0.998. The highest BCUT2D eigenvalue weighted by Gasteiger charge is 2.21. The monoisotopic (exact) mass is 254 g/mol. The molecule has 0 radical (unpaired) electrons. The number of hydrogen-bond acceptors (Lipinski definition) is 5. The van der Waals surface area contributed by atoms with Gasteiger partial charge in [-0.15, -0.1) is 0 Å². The van der Waals surface area contributed by atoms with Crippen LogP contribution in [0.2, 0.25) is 0 Å². The van der Waals surface area contributed by atoms with Crippen LogP contribution in [0, 0.1) is 0 Å². The van der Waals surface area contributed by atoms with E-state index >= 15 is 0 Å². The molecule has 0 bridgehead atoms. The Morgan fingerprint density at radius 3 is 2.47 bits per heavy atom. The fourth-order valence-corrected chi connectivity index (χ4v) is 3.00. The van der Waals surface area contributed by atoms with Gasteiger partial charge in [-0.25, -0.2) is 8.42 Å². The molecule has 1 fully saturated rings. The first-order valence-electron chi connectivity index (χ1n) is 5.25. The molecular weight excluding hydrogens is 242 g/mol. The van der Waals surface area contributed by atoms with E-state index in [1.54, 1.807) is 12.1 Å². The highest BCUT2D eigenvalue weighted by atomic mass is 32.2. The Hall–Kier alpha value is -1.56. The summed E-state index contributed by atoms with van der Waals surface area (Å²) in [6.07, 6.45) is 0. The average Bonchev–Trinajstić information content (AvgIpc) is 2.29. The zero-order chi connectivity index (χ0) is 12.5. The van der Waals surface area contributed by atoms with E-state index in [0.717, 1.165) is 5.69 Å². The predicted molar refractivity (Wildman–Crippen MR) is 61.6 cm³/mol. The van der Waals surface area contributed by atoms with Crippen LogP contribution in [0.25, 0.3) is 0 Å². The average molecular weight is 254 g/mol. The fourth-order valence-electron chi connectivity index (χ4n) is 1.80. The van der Waals surface area contributed by atoms with E-state index in [0.29, 0.717) is 13.1 Å². The Bertz CT molecular complexity index is 524. The van der Waals surface area contributed by atoms with Crippen molar-refractivity contribution in [2.24, 2.45) is 0 Å². The summed E-state index contributed by atoms with van der Waals surface area (Å²) < 4.78 is 22.5. The minimum atomic E-state index is -2.92. The topological polar surface area (TPSA) is 77.5 Å². The van der Waals surface area contributed by atoms with Crippen molar-refractivity contribution < 1.29 is 18.3 Å². The van der Waals surface area contributed by atoms with Gasteiger partial charge >= 0.3 is 0 Å². The molecule has 17 heavy (non-hydrogen) atoms. The number of nitrogens with zero attached hydrogens (tertiary/aromatic N) is 1. The molecule has 0 aromatic heterocycles. The lowest BCUT2D eigenvalue weighted by Gasteiger charge is -2.29. The Labute approximate surface area is 99.6 Å². The van der Waals surface area contributed by atoms with Crippen molar-refractivity contribution in [1.82, 2.24) is 0 Å². The number of carbonyl (C=O) groups excluding carboxylic acids is 1. The standard InChI is InChI=1S/C11H13NO4S/c13-11(14)9-2-1-3-10(8-9)12-4-6-17(15,16)7-5-12/h1-3,8H,4-7H2,(H,13,14)/p-1. The number of anilines is 1. The lowest BCUT2D eigenvalue weighted by Crippen LogP contribution is -2.40. The van der Waals surface area contributed by atoms with Crippen molar-refractivity contribution in [3.8, 4) is 0 Å². The third-order valence-corrected chi connectivity index (χ3v) is 4.40. The first-order chi connectivity index (χ1) is 7.98. The van der Waals surface area contributed by atoms with E-state index in [2.05, 4.69) is 0 Å². The minimum Gasteiger partial charge on any atom is -0.545 e. The summed E-state index contributed by atoms with van der Waals surface area (Å²) in [6.45, 7) is 0.803. The molecule has 1 saturated heterocycles. The Morgan fingerprint density at radius 1 is 1.24 bits per heavy atom. The van der Waals surface area contributed by atoms with E-state index in [9.17, 15) is 18.3 Å². The summed E-state index contributed by atoms with van der Waals surface area (Å²) in [7, 11) is -2.92. The molecule has 6 heteroatoms. The first-order valence-corrected chi connectivity index (χ1v) is 7.07. The molecule has 1 aromatic rings. The van der Waals surface area contributed by atoms with Crippen molar-refractivity contribution in [3.05, 3.63) is 29.8 Å². The first kappa shape index (κ1) is 11.9. The van der Waals surface area contributed by atoms with Crippen molar-refractivity contribution in [3.63, 3.8) is 0 Å². The van der Waals surface area contributed by atoms with Crippen LogP contribution in [0.3, 0.4) is 0 Å². The van der Waals surface area contributed by atoms with Gasteiger partial charge in [0.15, 0.2) is 9.84 Å². The van der Waals surface area contributed by atoms with E-state index < -0.39 is 15.8 Å². The molecule has 0 unspecified atom stereocenters. The molecule has 1 heterocycles. The molecule has 0 saturated carbocycles. The maximum atomic E-state index is 11.3. The second kappa shape index (κ2) is 4.37. The van der Waals surface area contributed by atoms with Gasteiger partial charge in [0.2, 0.25) is 0 Å². The quantitative estimate of drug-likeness (QED) is 0.696. The number of sulfone groups is 1. The Morgan fingerprint density at radius 2 is 1.88 bits per heavy atom. The van der Waals surface area contributed by atoms with Crippen LogP contribution in [0.15, 0.2) is 24.3 Å². The van der Waals surface area contributed by atoms with Crippen LogP contribution in [-0.4, -0.2) is 39.0 Å². The molecule has 0 N–H and O–H groups in total. The molecule has 2 rings (SSSR count).